The van der Waals surface area contributed by atoms with E-state index >= 15 is 0 Å². The number of ether oxygens (including phenoxy) is 1. The minimum absolute atomic E-state index is 0.0628. The first-order chi connectivity index (χ1) is 11.0. The van der Waals surface area contributed by atoms with E-state index in [0.717, 1.165) is 11.3 Å². The van der Waals surface area contributed by atoms with Crippen LogP contribution in [0, 0.1) is 0 Å². The van der Waals surface area contributed by atoms with Gasteiger partial charge in [-0.1, -0.05) is 38.1 Å². The molecule has 4 nitrogen and oxygen atoms in total. The zero-order valence-corrected chi connectivity index (χ0v) is 14.6. The first-order valence-corrected chi connectivity index (χ1v) is 8.82. The van der Waals surface area contributed by atoms with Crippen LogP contribution in [0.1, 0.15) is 30.9 Å². The molecule has 0 radical (unpaired) electrons. The molecule has 5 heteroatoms. The molecule has 0 saturated carbocycles. The summed E-state index contributed by atoms with van der Waals surface area (Å²) in [4.78, 5) is 25.6. The van der Waals surface area contributed by atoms with Crippen LogP contribution in [-0.2, 0) is 14.3 Å². The van der Waals surface area contributed by atoms with Crippen molar-refractivity contribution in [1.82, 2.24) is 4.90 Å². The first-order valence-electron chi connectivity index (χ1n) is 7.77. The molecule has 0 aliphatic carbocycles. The van der Waals surface area contributed by atoms with E-state index in [1.807, 2.05) is 18.2 Å². The Balaban J connectivity index is 1.96. The Labute approximate surface area is 141 Å². The smallest absolute Gasteiger partial charge is 0.320 e. The van der Waals surface area contributed by atoms with Crippen LogP contribution < -0.4 is 0 Å². The average Bonchev–Trinajstić information content (AvgIpc) is 2.59. The lowest BCUT2D eigenvalue weighted by atomic mass is 10.0. The Bertz CT molecular complexity index is 580. The second-order valence-corrected chi connectivity index (χ2v) is 7.13. The van der Waals surface area contributed by atoms with Crippen LogP contribution in [0.5, 0.6) is 0 Å². The number of hydrogen-bond donors (Lipinski definition) is 0. The summed E-state index contributed by atoms with van der Waals surface area (Å²) in [7, 11) is 1.38. The van der Waals surface area contributed by atoms with Crippen LogP contribution in [-0.4, -0.2) is 48.0 Å². The molecule has 1 atom stereocenters. The fourth-order valence-corrected chi connectivity index (χ4v) is 3.52. The molecule has 1 fully saturated rings. The van der Waals surface area contributed by atoms with Crippen molar-refractivity contribution in [1.29, 1.82) is 0 Å². The molecule has 0 spiro atoms. The van der Waals surface area contributed by atoms with E-state index in [1.54, 1.807) is 22.7 Å². The molecule has 0 N–H and O–H groups in total. The summed E-state index contributed by atoms with van der Waals surface area (Å²) in [6.45, 7) is 5.38. The van der Waals surface area contributed by atoms with Crippen molar-refractivity contribution in [3.8, 4) is 0 Å². The van der Waals surface area contributed by atoms with Crippen molar-refractivity contribution < 1.29 is 14.3 Å². The average molecular weight is 333 g/mol. The number of carbonyl (C=O) groups is 2. The molecule has 1 amide bonds. The van der Waals surface area contributed by atoms with Gasteiger partial charge in [-0.3, -0.25) is 9.59 Å². The number of esters is 1. The predicted octanol–water partition coefficient (Wildman–Crippen LogP) is 2.94. The molecule has 23 heavy (non-hydrogen) atoms. The highest BCUT2D eigenvalue weighted by Gasteiger charge is 2.28. The van der Waals surface area contributed by atoms with Gasteiger partial charge in [-0.2, -0.15) is 0 Å². The van der Waals surface area contributed by atoms with E-state index < -0.39 is 0 Å². The SMILES string of the molecule is COC(=O)[C@H]1CN(C(=O)/C=C/c2ccc(C(C)C)cc2)CCS1. The quantitative estimate of drug-likeness (QED) is 0.628. The van der Waals surface area contributed by atoms with Gasteiger partial charge in [-0.05, 0) is 23.1 Å². The monoisotopic (exact) mass is 333 g/mol. The maximum absolute atomic E-state index is 12.3. The van der Waals surface area contributed by atoms with Crippen LogP contribution in [0.3, 0.4) is 0 Å². The number of amides is 1. The van der Waals surface area contributed by atoms with Gasteiger partial charge in [0.05, 0.1) is 7.11 Å². The number of carbonyl (C=O) groups excluding carboxylic acids is 2. The van der Waals surface area contributed by atoms with Gasteiger partial charge in [0, 0.05) is 24.9 Å². The standard InChI is InChI=1S/C18H23NO3S/c1-13(2)15-7-4-14(5-8-15)6-9-17(20)19-10-11-23-16(12-19)18(21)22-3/h4-9,13,16H,10-12H2,1-3H3/b9-6+/t16-/m1/s1. The number of benzene rings is 1. The van der Waals surface area contributed by atoms with Gasteiger partial charge < -0.3 is 9.64 Å². The van der Waals surface area contributed by atoms with E-state index in [1.165, 1.54) is 12.7 Å². The predicted molar refractivity (Wildman–Crippen MR) is 94.4 cm³/mol. The maximum Gasteiger partial charge on any atom is 0.320 e. The summed E-state index contributed by atoms with van der Waals surface area (Å²) in [5.41, 5.74) is 2.28. The minimum Gasteiger partial charge on any atom is -0.468 e. The van der Waals surface area contributed by atoms with Crippen LogP contribution in [0.15, 0.2) is 30.3 Å². The third-order valence-electron chi connectivity index (χ3n) is 3.86. The zero-order valence-electron chi connectivity index (χ0n) is 13.8. The number of hydrogen-bond acceptors (Lipinski definition) is 4. The highest BCUT2D eigenvalue weighted by molar-refractivity contribution is 8.00. The molecule has 1 heterocycles. The summed E-state index contributed by atoms with van der Waals surface area (Å²) < 4.78 is 4.76. The molecule has 0 bridgehead atoms. The Hall–Kier alpha value is -1.75. The molecule has 124 valence electrons. The van der Waals surface area contributed by atoms with Crippen LogP contribution in [0.2, 0.25) is 0 Å². The highest BCUT2D eigenvalue weighted by atomic mass is 32.2. The fraction of sp³-hybridized carbons (Fsp3) is 0.444. The van der Waals surface area contributed by atoms with Crippen molar-refractivity contribution >= 4 is 29.7 Å². The van der Waals surface area contributed by atoms with Gasteiger partial charge in [0.15, 0.2) is 0 Å². The van der Waals surface area contributed by atoms with Crippen molar-refractivity contribution in [2.24, 2.45) is 0 Å². The third-order valence-corrected chi connectivity index (χ3v) is 5.03. The van der Waals surface area contributed by atoms with Crippen LogP contribution in [0.4, 0.5) is 0 Å². The number of methoxy groups -OCH3 is 1. The van der Waals surface area contributed by atoms with Crippen LogP contribution >= 0.6 is 11.8 Å². The van der Waals surface area contributed by atoms with Gasteiger partial charge in [0.25, 0.3) is 0 Å². The largest absolute Gasteiger partial charge is 0.468 e. The second kappa shape index (κ2) is 8.20. The lowest BCUT2D eigenvalue weighted by Crippen LogP contribution is -2.44. The Morgan fingerprint density at radius 1 is 1.30 bits per heavy atom. The van der Waals surface area contributed by atoms with Crippen molar-refractivity contribution in [3.05, 3.63) is 41.5 Å². The van der Waals surface area contributed by atoms with Gasteiger partial charge in [-0.15, -0.1) is 11.8 Å². The Morgan fingerprint density at radius 3 is 2.61 bits per heavy atom. The molecular weight excluding hydrogens is 310 g/mol. The van der Waals surface area contributed by atoms with Gasteiger partial charge in [0.2, 0.25) is 5.91 Å². The summed E-state index contributed by atoms with van der Waals surface area (Å²) in [6.07, 6.45) is 3.40. The zero-order chi connectivity index (χ0) is 16.8. The van der Waals surface area contributed by atoms with Crippen molar-refractivity contribution in [2.75, 3.05) is 26.0 Å². The molecule has 2 rings (SSSR count). The van der Waals surface area contributed by atoms with Crippen LogP contribution in [0.25, 0.3) is 6.08 Å². The number of nitrogens with zero attached hydrogens (tertiary/aromatic N) is 1. The van der Waals surface area contributed by atoms with Crippen molar-refractivity contribution in [3.63, 3.8) is 0 Å². The lowest BCUT2D eigenvalue weighted by molar-refractivity contribution is -0.140. The summed E-state index contributed by atoms with van der Waals surface area (Å²) in [5, 5.41) is -0.281. The molecule has 0 unspecified atom stereocenters. The lowest BCUT2D eigenvalue weighted by Gasteiger charge is -2.30. The maximum atomic E-state index is 12.3. The molecule has 1 aliphatic heterocycles. The fourth-order valence-electron chi connectivity index (χ4n) is 2.39. The molecule has 1 aromatic carbocycles. The van der Waals surface area contributed by atoms with E-state index in [9.17, 15) is 9.59 Å². The first kappa shape index (κ1) is 17.6. The third kappa shape index (κ3) is 4.86. The Kier molecular flexibility index (Phi) is 6.28. The second-order valence-electron chi connectivity index (χ2n) is 5.82. The van der Waals surface area contributed by atoms with E-state index in [0.29, 0.717) is 19.0 Å². The Morgan fingerprint density at radius 2 is 2.00 bits per heavy atom. The molecule has 1 aromatic rings. The van der Waals surface area contributed by atoms with E-state index in [2.05, 4.69) is 26.0 Å². The molecule has 1 saturated heterocycles. The van der Waals surface area contributed by atoms with Gasteiger partial charge in [0.1, 0.15) is 5.25 Å². The molecule has 1 aliphatic rings. The summed E-state index contributed by atoms with van der Waals surface area (Å²) in [6, 6.07) is 8.20. The van der Waals surface area contributed by atoms with Crippen molar-refractivity contribution in [2.45, 2.75) is 25.0 Å². The number of thioether (sulfide) groups is 1. The molecule has 0 aromatic heterocycles. The number of rotatable bonds is 4. The normalized spacial score (nSPS) is 18.4. The summed E-state index contributed by atoms with van der Waals surface area (Å²) in [5.74, 6) is 0.922. The van der Waals surface area contributed by atoms with E-state index in [-0.39, 0.29) is 17.1 Å². The van der Waals surface area contributed by atoms with Gasteiger partial charge >= 0.3 is 5.97 Å². The van der Waals surface area contributed by atoms with E-state index in [4.69, 9.17) is 4.74 Å². The summed E-state index contributed by atoms with van der Waals surface area (Å²) >= 11 is 1.54. The molecular formula is C18H23NO3S. The van der Waals surface area contributed by atoms with Gasteiger partial charge in [-0.25, -0.2) is 0 Å². The minimum atomic E-state index is -0.281. The highest BCUT2D eigenvalue weighted by Crippen LogP contribution is 2.20. The topological polar surface area (TPSA) is 46.6 Å².